The van der Waals surface area contributed by atoms with Crippen LogP contribution in [0.3, 0.4) is 0 Å². The van der Waals surface area contributed by atoms with E-state index < -0.39 is 5.82 Å². The molecule has 0 amide bonds. The average molecular weight is 373 g/mol. The van der Waals surface area contributed by atoms with Crippen LogP contribution in [0, 0.1) is 5.82 Å². The van der Waals surface area contributed by atoms with E-state index in [0.717, 1.165) is 29.5 Å². The molecule has 0 fully saturated rings. The summed E-state index contributed by atoms with van der Waals surface area (Å²) >= 11 is 9.24. The Bertz CT molecular complexity index is 621. The Hall–Kier alpha value is -1.10. The van der Waals surface area contributed by atoms with Crippen molar-refractivity contribution in [2.45, 2.75) is 19.9 Å². The van der Waals surface area contributed by atoms with Crippen LogP contribution in [0.4, 0.5) is 4.39 Å². The fourth-order valence-corrected chi connectivity index (χ4v) is 2.49. The van der Waals surface area contributed by atoms with Crippen molar-refractivity contribution in [3.8, 4) is 11.5 Å². The second-order valence-corrected chi connectivity index (χ2v) is 5.85. The second kappa shape index (κ2) is 7.78. The van der Waals surface area contributed by atoms with Crippen molar-refractivity contribution in [2.24, 2.45) is 0 Å². The number of benzene rings is 2. The van der Waals surface area contributed by atoms with Gasteiger partial charge in [0.15, 0.2) is 11.6 Å². The van der Waals surface area contributed by atoms with Gasteiger partial charge in [0, 0.05) is 11.0 Å². The van der Waals surface area contributed by atoms with Gasteiger partial charge in [0.05, 0.1) is 5.02 Å². The molecular weight excluding hydrogens is 357 g/mol. The quantitative estimate of drug-likeness (QED) is 0.673. The summed E-state index contributed by atoms with van der Waals surface area (Å²) in [4.78, 5) is 0. The van der Waals surface area contributed by atoms with E-state index in [9.17, 15) is 4.39 Å². The van der Waals surface area contributed by atoms with Crippen LogP contribution in [0.15, 0.2) is 40.9 Å². The summed E-state index contributed by atoms with van der Waals surface area (Å²) in [5.74, 6) is 0.123. The smallest absolute Gasteiger partial charge is 0.184 e. The van der Waals surface area contributed by atoms with Crippen LogP contribution in [0.2, 0.25) is 5.02 Å². The van der Waals surface area contributed by atoms with Crippen molar-refractivity contribution < 1.29 is 9.13 Å². The Morgan fingerprint density at radius 2 is 2.10 bits per heavy atom. The molecule has 0 heterocycles. The van der Waals surface area contributed by atoms with Crippen molar-refractivity contribution in [3.05, 3.63) is 57.3 Å². The maximum absolute atomic E-state index is 13.8. The molecule has 0 aromatic heterocycles. The molecule has 5 heteroatoms. The van der Waals surface area contributed by atoms with Gasteiger partial charge in [-0.2, -0.15) is 0 Å². The summed E-state index contributed by atoms with van der Waals surface area (Å²) in [6.45, 7) is 3.87. The highest BCUT2D eigenvalue weighted by molar-refractivity contribution is 9.10. The van der Waals surface area contributed by atoms with Crippen LogP contribution in [0.1, 0.15) is 18.9 Å². The van der Waals surface area contributed by atoms with Gasteiger partial charge in [-0.1, -0.05) is 46.6 Å². The van der Waals surface area contributed by atoms with E-state index in [1.165, 1.54) is 6.07 Å². The molecule has 0 aliphatic carbocycles. The molecule has 0 unspecified atom stereocenters. The zero-order valence-corrected chi connectivity index (χ0v) is 14.0. The second-order valence-electron chi connectivity index (χ2n) is 4.58. The van der Waals surface area contributed by atoms with Gasteiger partial charge in [-0.3, -0.25) is 0 Å². The summed E-state index contributed by atoms with van der Waals surface area (Å²) in [5.41, 5.74) is 1.13. The summed E-state index contributed by atoms with van der Waals surface area (Å²) in [7, 11) is 0. The van der Waals surface area contributed by atoms with Gasteiger partial charge in [-0.15, -0.1) is 0 Å². The van der Waals surface area contributed by atoms with Crippen molar-refractivity contribution in [1.82, 2.24) is 5.32 Å². The maximum Gasteiger partial charge on any atom is 0.184 e. The lowest BCUT2D eigenvalue weighted by Gasteiger charge is -2.10. The van der Waals surface area contributed by atoms with Crippen molar-refractivity contribution in [1.29, 1.82) is 0 Å². The first-order valence-electron chi connectivity index (χ1n) is 6.73. The molecular formula is C16H16BrClFNO. The van der Waals surface area contributed by atoms with Gasteiger partial charge >= 0.3 is 0 Å². The van der Waals surface area contributed by atoms with E-state index >= 15 is 0 Å². The minimum Gasteiger partial charge on any atom is -0.454 e. The Kier molecular flexibility index (Phi) is 6.03. The van der Waals surface area contributed by atoms with E-state index in [2.05, 4.69) is 28.2 Å². The highest BCUT2D eigenvalue weighted by atomic mass is 79.9. The summed E-state index contributed by atoms with van der Waals surface area (Å²) in [6.07, 6.45) is 1.09. The number of hydrogen-bond acceptors (Lipinski definition) is 2. The van der Waals surface area contributed by atoms with Crippen LogP contribution in [-0.2, 0) is 6.54 Å². The first kappa shape index (κ1) is 16.3. The minimum absolute atomic E-state index is 0.0481. The highest BCUT2D eigenvalue weighted by Crippen LogP contribution is 2.31. The van der Waals surface area contributed by atoms with Gasteiger partial charge in [0.25, 0.3) is 0 Å². The largest absolute Gasteiger partial charge is 0.454 e. The van der Waals surface area contributed by atoms with Crippen LogP contribution in [0.25, 0.3) is 0 Å². The molecule has 0 saturated carbocycles. The summed E-state index contributed by atoms with van der Waals surface area (Å²) in [6, 6.07) is 10.3. The SMILES string of the molecule is CCCNCc1ccc(Oc2cccc(Cl)c2F)cc1Br. The molecule has 0 aliphatic heterocycles. The van der Waals surface area contributed by atoms with E-state index in [0.29, 0.717) is 5.75 Å². The normalized spacial score (nSPS) is 10.7. The molecule has 0 saturated heterocycles. The Labute approximate surface area is 137 Å². The Morgan fingerprint density at radius 3 is 2.81 bits per heavy atom. The van der Waals surface area contributed by atoms with Crippen molar-refractivity contribution >= 4 is 27.5 Å². The van der Waals surface area contributed by atoms with Gasteiger partial charge in [0.2, 0.25) is 0 Å². The Balaban J connectivity index is 2.11. The van der Waals surface area contributed by atoms with Crippen molar-refractivity contribution in [2.75, 3.05) is 6.54 Å². The molecule has 112 valence electrons. The lowest BCUT2D eigenvalue weighted by atomic mass is 10.2. The number of ether oxygens (including phenoxy) is 1. The average Bonchev–Trinajstić information content (AvgIpc) is 2.46. The van der Waals surface area contributed by atoms with Gasteiger partial charge in [-0.05, 0) is 42.8 Å². The van der Waals surface area contributed by atoms with E-state index in [1.54, 1.807) is 12.1 Å². The molecule has 0 atom stereocenters. The predicted molar refractivity (Wildman–Crippen MR) is 87.6 cm³/mol. The summed E-state index contributed by atoms with van der Waals surface area (Å²) < 4.78 is 20.3. The Morgan fingerprint density at radius 1 is 1.29 bits per heavy atom. The first-order chi connectivity index (χ1) is 10.1. The van der Waals surface area contributed by atoms with Gasteiger partial charge in [0.1, 0.15) is 5.75 Å². The molecule has 2 aromatic carbocycles. The third-order valence-corrected chi connectivity index (χ3v) is 3.94. The minimum atomic E-state index is -0.552. The zero-order chi connectivity index (χ0) is 15.2. The third kappa shape index (κ3) is 4.43. The van der Waals surface area contributed by atoms with Gasteiger partial charge in [-0.25, -0.2) is 4.39 Å². The fourth-order valence-electron chi connectivity index (χ4n) is 1.82. The molecule has 2 aromatic rings. The number of halogens is 3. The topological polar surface area (TPSA) is 21.3 Å². The standard InChI is InChI=1S/C16H16BrClFNO/c1-2-8-20-10-11-6-7-12(9-13(11)17)21-15-5-3-4-14(18)16(15)19/h3-7,9,20H,2,8,10H2,1H3. The van der Waals surface area contributed by atoms with Crippen LogP contribution < -0.4 is 10.1 Å². The monoisotopic (exact) mass is 371 g/mol. The molecule has 0 bridgehead atoms. The zero-order valence-electron chi connectivity index (χ0n) is 11.6. The number of nitrogens with one attached hydrogen (secondary N) is 1. The lowest BCUT2D eigenvalue weighted by molar-refractivity contribution is 0.442. The number of rotatable bonds is 6. The molecule has 1 N–H and O–H groups in total. The molecule has 21 heavy (non-hydrogen) atoms. The predicted octanol–water partition coefficient (Wildman–Crippen LogP) is 5.53. The molecule has 0 radical (unpaired) electrons. The van der Waals surface area contributed by atoms with E-state index in [-0.39, 0.29) is 10.8 Å². The van der Waals surface area contributed by atoms with Crippen LogP contribution >= 0.6 is 27.5 Å². The fraction of sp³-hybridized carbons (Fsp3) is 0.250. The van der Waals surface area contributed by atoms with Gasteiger partial charge < -0.3 is 10.1 Å². The molecule has 0 aliphatic rings. The van der Waals surface area contributed by atoms with Crippen molar-refractivity contribution in [3.63, 3.8) is 0 Å². The third-order valence-electron chi connectivity index (χ3n) is 2.91. The maximum atomic E-state index is 13.8. The lowest BCUT2D eigenvalue weighted by Crippen LogP contribution is -2.14. The molecule has 2 rings (SSSR count). The molecule has 2 nitrogen and oxygen atoms in total. The van der Waals surface area contributed by atoms with E-state index in [1.807, 2.05) is 18.2 Å². The van der Waals surface area contributed by atoms with E-state index in [4.69, 9.17) is 16.3 Å². The highest BCUT2D eigenvalue weighted by Gasteiger charge is 2.09. The first-order valence-corrected chi connectivity index (χ1v) is 7.90. The number of hydrogen-bond donors (Lipinski definition) is 1. The van der Waals surface area contributed by atoms with Crippen LogP contribution in [0.5, 0.6) is 11.5 Å². The molecule has 0 spiro atoms. The summed E-state index contributed by atoms with van der Waals surface area (Å²) in [5, 5.41) is 3.38. The van der Waals surface area contributed by atoms with Crippen LogP contribution in [-0.4, -0.2) is 6.54 Å².